The van der Waals surface area contributed by atoms with Gasteiger partial charge in [-0.1, -0.05) is 20.3 Å². The Morgan fingerprint density at radius 3 is 2.47 bits per heavy atom. The number of nitrogens with one attached hydrogen (secondary N) is 2. The van der Waals surface area contributed by atoms with E-state index >= 15 is 0 Å². The van der Waals surface area contributed by atoms with Crippen LogP contribution in [0.25, 0.3) is 0 Å². The highest BCUT2D eigenvalue weighted by molar-refractivity contribution is 7.89. The van der Waals surface area contributed by atoms with Gasteiger partial charge in [0.25, 0.3) is 0 Å². The van der Waals surface area contributed by atoms with Gasteiger partial charge in [0.1, 0.15) is 0 Å². The standard InChI is InChI=1S/C10H24N2O2S/c1-4-7-10(3)12-15(13,14)9-6-8-11-5-2/h10-12H,4-9H2,1-3H3. The van der Waals surface area contributed by atoms with Gasteiger partial charge >= 0.3 is 0 Å². The maximum Gasteiger partial charge on any atom is 0.211 e. The summed E-state index contributed by atoms with van der Waals surface area (Å²) in [5, 5.41) is 3.11. The van der Waals surface area contributed by atoms with Crippen molar-refractivity contribution >= 4 is 10.0 Å². The lowest BCUT2D eigenvalue weighted by molar-refractivity contribution is 0.540. The Morgan fingerprint density at radius 1 is 1.27 bits per heavy atom. The van der Waals surface area contributed by atoms with E-state index in [2.05, 4.69) is 17.0 Å². The molecule has 2 N–H and O–H groups in total. The van der Waals surface area contributed by atoms with Crippen LogP contribution < -0.4 is 10.0 Å². The second-order valence-electron chi connectivity index (χ2n) is 3.83. The SMILES string of the molecule is CCCC(C)NS(=O)(=O)CCCNCC. The fraction of sp³-hybridized carbons (Fsp3) is 1.00. The molecule has 0 amide bonds. The molecule has 4 nitrogen and oxygen atoms in total. The molecule has 92 valence electrons. The fourth-order valence-electron chi connectivity index (χ4n) is 1.42. The molecule has 15 heavy (non-hydrogen) atoms. The molecular formula is C10H24N2O2S. The van der Waals surface area contributed by atoms with E-state index in [1.54, 1.807) is 0 Å². The second kappa shape index (κ2) is 8.07. The van der Waals surface area contributed by atoms with Crippen LogP contribution in [0.4, 0.5) is 0 Å². The third kappa shape index (κ3) is 8.84. The smallest absolute Gasteiger partial charge is 0.211 e. The minimum Gasteiger partial charge on any atom is -0.317 e. The van der Waals surface area contributed by atoms with Crippen LogP contribution in [-0.2, 0) is 10.0 Å². The van der Waals surface area contributed by atoms with Crippen molar-refractivity contribution in [3.8, 4) is 0 Å². The largest absolute Gasteiger partial charge is 0.317 e. The molecule has 0 bridgehead atoms. The predicted octanol–water partition coefficient (Wildman–Crippen LogP) is 1.09. The van der Waals surface area contributed by atoms with Crippen LogP contribution in [0, 0.1) is 0 Å². The van der Waals surface area contributed by atoms with Gasteiger partial charge in [-0.25, -0.2) is 13.1 Å². The summed E-state index contributed by atoms with van der Waals surface area (Å²) >= 11 is 0. The predicted molar refractivity (Wildman–Crippen MR) is 64.5 cm³/mol. The van der Waals surface area contributed by atoms with E-state index in [1.165, 1.54) is 0 Å². The lowest BCUT2D eigenvalue weighted by Crippen LogP contribution is -2.35. The van der Waals surface area contributed by atoms with Crippen molar-refractivity contribution in [3.63, 3.8) is 0 Å². The van der Waals surface area contributed by atoms with E-state index < -0.39 is 10.0 Å². The van der Waals surface area contributed by atoms with Crippen molar-refractivity contribution < 1.29 is 8.42 Å². The number of sulfonamides is 1. The van der Waals surface area contributed by atoms with Gasteiger partial charge in [-0.15, -0.1) is 0 Å². The molecule has 0 spiro atoms. The van der Waals surface area contributed by atoms with Gasteiger partial charge in [-0.05, 0) is 32.9 Å². The molecule has 0 saturated carbocycles. The van der Waals surface area contributed by atoms with Crippen LogP contribution in [0.5, 0.6) is 0 Å². The first-order chi connectivity index (χ1) is 7.02. The molecule has 0 aliphatic rings. The van der Waals surface area contributed by atoms with Crippen LogP contribution in [0.3, 0.4) is 0 Å². The normalized spacial score (nSPS) is 14.1. The van der Waals surface area contributed by atoms with Crippen LogP contribution in [0.1, 0.15) is 40.0 Å². The minimum atomic E-state index is -3.07. The third-order valence-electron chi connectivity index (χ3n) is 2.12. The van der Waals surface area contributed by atoms with Crippen LogP contribution in [0.2, 0.25) is 0 Å². The lowest BCUT2D eigenvalue weighted by Gasteiger charge is -2.13. The number of hydrogen-bond donors (Lipinski definition) is 2. The molecule has 5 heteroatoms. The quantitative estimate of drug-likeness (QED) is 0.589. The first kappa shape index (κ1) is 14.9. The van der Waals surface area contributed by atoms with Crippen molar-refractivity contribution in [1.29, 1.82) is 0 Å². The van der Waals surface area contributed by atoms with Crippen molar-refractivity contribution in [2.75, 3.05) is 18.8 Å². The zero-order valence-corrected chi connectivity index (χ0v) is 10.9. The molecule has 0 aliphatic heterocycles. The lowest BCUT2D eigenvalue weighted by atomic mass is 10.2. The molecule has 0 radical (unpaired) electrons. The fourth-order valence-corrected chi connectivity index (χ4v) is 2.79. The Kier molecular flexibility index (Phi) is 8.00. The Bertz CT molecular complexity index is 240. The van der Waals surface area contributed by atoms with E-state index in [0.29, 0.717) is 6.42 Å². The zero-order valence-electron chi connectivity index (χ0n) is 10.0. The second-order valence-corrected chi connectivity index (χ2v) is 5.71. The molecule has 0 aliphatic carbocycles. The van der Waals surface area contributed by atoms with Gasteiger partial charge < -0.3 is 5.32 Å². The van der Waals surface area contributed by atoms with Gasteiger partial charge in [-0.3, -0.25) is 0 Å². The van der Waals surface area contributed by atoms with Crippen molar-refractivity contribution in [2.45, 2.75) is 46.1 Å². The Morgan fingerprint density at radius 2 is 1.93 bits per heavy atom. The summed E-state index contributed by atoms with van der Waals surface area (Å²) in [5.41, 5.74) is 0. The Labute approximate surface area is 93.9 Å². The summed E-state index contributed by atoms with van der Waals surface area (Å²) in [6, 6.07) is 0.0548. The molecule has 1 unspecified atom stereocenters. The highest BCUT2D eigenvalue weighted by atomic mass is 32.2. The molecule has 0 rings (SSSR count). The highest BCUT2D eigenvalue weighted by Crippen LogP contribution is 1.98. The molecule has 0 aromatic carbocycles. The monoisotopic (exact) mass is 236 g/mol. The Balaban J connectivity index is 3.76. The average Bonchev–Trinajstić information content (AvgIpc) is 2.12. The van der Waals surface area contributed by atoms with E-state index in [4.69, 9.17) is 0 Å². The maximum absolute atomic E-state index is 11.5. The summed E-state index contributed by atoms with van der Waals surface area (Å²) in [7, 11) is -3.07. The van der Waals surface area contributed by atoms with Gasteiger partial charge in [0.05, 0.1) is 5.75 Å². The minimum absolute atomic E-state index is 0.0548. The third-order valence-corrected chi connectivity index (χ3v) is 3.71. The molecule has 0 fully saturated rings. The van der Waals surface area contributed by atoms with Crippen LogP contribution in [0.15, 0.2) is 0 Å². The molecule has 1 atom stereocenters. The Hall–Kier alpha value is -0.130. The van der Waals surface area contributed by atoms with Crippen molar-refractivity contribution in [3.05, 3.63) is 0 Å². The summed E-state index contributed by atoms with van der Waals surface area (Å²) in [4.78, 5) is 0. The first-order valence-corrected chi connectivity index (χ1v) is 7.37. The maximum atomic E-state index is 11.5. The number of rotatable bonds is 9. The molecular weight excluding hydrogens is 212 g/mol. The van der Waals surface area contributed by atoms with Crippen LogP contribution >= 0.6 is 0 Å². The molecule has 0 heterocycles. The molecule has 0 aromatic heterocycles. The zero-order chi connectivity index (χ0) is 11.7. The summed E-state index contributed by atoms with van der Waals surface area (Å²) in [6.07, 6.45) is 2.57. The van der Waals surface area contributed by atoms with Crippen molar-refractivity contribution in [1.82, 2.24) is 10.0 Å². The van der Waals surface area contributed by atoms with Gasteiger partial charge in [0, 0.05) is 6.04 Å². The highest BCUT2D eigenvalue weighted by Gasteiger charge is 2.12. The summed E-state index contributed by atoms with van der Waals surface area (Å²) in [6.45, 7) is 7.62. The van der Waals surface area contributed by atoms with E-state index in [1.807, 2.05) is 13.8 Å². The van der Waals surface area contributed by atoms with Gasteiger partial charge in [0.2, 0.25) is 10.0 Å². The summed E-state index contributed by atoms with van der Waals surface area (Å²) in [5.74, 6) is 0.216. The average molecular weight is 236 g/mol. The summed E-state index contributed by atoms with van der Waals surface area (Å²) < 4.78 is 25.8. The number of hydrogen-bond acceptors (Lipinski definition) is 3. The molecule has 0 aromatic rings. The van der Waals surface area contributed by atoms with E-state index in [-0.39, 0.29) is 11.8 Å². The van der Waals surface area contributed by atoms with Gasteiger partial charge in [0.15, 0.2) is 0 Å². The van der Waals surface area contributed by atoms with E-state index in [0.717, 1.165) is 25.9 Å². The molecule has 0 saturated heterocycles. The van der Waals surface area contributed by atoms with Gasteiger partial charge in [-0.2, -0.15) is 0 Å². The van der Waals surface area contributed by atoms with Crippen LogP contribution in [-0.4, -0.2) is 33.3 Å². The van der Waals surface area contributed by atoms with E-state index in [9.17, 15) is 8.42 Å². The first-order valence-electron chi connectivity index (χ1n) is 5.72. The van der Waals surface area contributed by atoms with Crippen molar-refractivity contribution in [2.24, 2.45) is 0 Å². The topological polar surface area (TPSA) is 58.2 Å².